The van der Waals surface area contributed by atoms with E-state index in [1.165, 1.54) is 6.92 Å². The van der Waals surface area contributed by atoms with Crippen LogP contribution in [-0.4, -0.2) is 47.6 Å². The maximum absolute atomic E-state index is 11.6. The number of hydrogen-bond acceptors (Lipinski definition) is 5. The highest BCUT2D eigenvalue weighted by Gasteiger charge is 2.39. The van der Waals surface area contributed by atoms with Crippen LogP contribution < -0.4 is 22.1 Å². The average Bonchev–Trinajstić information content (AvgIpc) is 2.24. The summed E-state index contributed by atoms with van der Waals surface area (Å²) in [6.07, 6.45) is 0. The third kappa shape index (κ3) is 4.37. The summed E-state index contributed by atoms with van der Waals surface area (Å²) in [6, 6.07) is -1.25. The third-order valence-electron chi connectivity index (χ3n) is 2.17. The Hall–Kier alpha value is -1.67. The highest BCUT2D eigenvalue weighted by Crippen LogP contribution is 2.04. The van der Waals surface area contributed by atoms with Crippen LogP contribution in [-0.2, 0) is 14.4 Å². The SMILES string of the molecule is CCNC(=O)[C@@H](N)[C@@](C)(N)C(=O)NCC(=O)O. The van der Waals surface area contributed by atoms with Gasteiger partial charge >= 0.3 is 5.97 Å². The number of hydrogen-bond donors (Lipinski definition) is 5. The highest BCUT2D eigenvalue weighted by atomic mass is 16.4. The van der Waals surface area contributed by atoms with Gasteiger partial charge in [0.25, 0.3) is 0 Å². The Labute approximate surface area is 98.7 Å². The monoisotopic (exact) mass is 246 g/mol. The summed E-state index contributed by atoms with van der Waals surface area (Å²) in [5.41, 5.74) is 9.50. The number of amides is 2. The summed E-state index contributed by atoms with van der Waals surface area (Å²) in [5, 5.41) is 12.9. The average molecular weight is 246 g/mol. The van der Waals surface area contributed by atoms with Crippen LogP contribution in [0, 0.1) is 0 Å². The van der Waals surface area contributed by atoms with Gasteiger partial charge < -0.3 is 27.2 Å². The lowest BCUT2D eigenvalue weighted by molar-refractivity contribution is -0.139. The molecule has 0 aliphatic heterocycles. The van der Waals surface area contributed by atoms with Gasteiger partial charge in [-0.05, 0) is 13.8 Å². The minimum atomic E-state index is -1.67. The van der Waals surface area contributed by atoms with Crippen molar-refractivity contribution in [1.29, 1.82) is 0 Å². The van der Waals surface area contributed by atoms with Crippen molar-refractivity contribution in [2.24, 2.45) is 11.5 Å². The first-order chi connectivity index (χ1) is 7.73. The number of carboxylic acid groups (broad SMARTS) is 1. The molecule has 0 aromatic heterocycles. The maximum Gasteiger partial charge on any atom is 0.322 e. The molecule has 0 bridgehead atoms. The molecule has 17 heavy (non-hydrogen) atoms. The Balaban J connectivity index is 4.58. The van der Waals surface area contributed by atoms with E-state index in [2.05, 4.69) is 10.6 Å². The lowest BCUT2D eigenvalue weighted by Gasteiger charge is -2.28. The van der Waals surface area contributed by atoms with Crippen molar-refractivity contribution in [1.82, 2.24) is 10.6 Å². The Kier molecular flexibility index (Phi) is 5.56. The Morgan fingerprint density at radius 3 is 2.29 bits per heavy atom. The van der Waals surface area contributed by atoms with Crippen molar-refractivity contribution in [2.75, 3.05) is 13.1 Å². The molecule has 0 rings (SSSR count). The number of rotatable bonds is 6. The Morgan fingerprint density at radius 1 is 1.35 bits per heavy atom. The summed E-state index contributed by atoms with van der Waals surface area (Å²) in [5.74, 6) is -2.57. The molecule has 8 heteroatoms. The van der Waals surface area contributed by atoms with E-state index in [1.807, 2.05) is 0 Å². The topological polar surface area (TPSA) is 148 Å². The predicted octanol–water partition coefficient (Wildman–Crippen LogP) is -2.63. The molecule has 0 aliphatic rings. The molecule has 0 saturated heterocycles. The van der Waals surface area contributed by atoms with E-state index in [0.717, 1.165) is 0 Å². The van der Waals surface area contributed by atoms with Gasteiger partial charge in [0.05, 0.1) is 0 Å². The first-order valence-corrected chi connectivity index (χ1v) is 5.05. The molecule has 2 atom stereocenters. The quantitative estimate of drug-likeness (QED) is 0.346. The number of nitrogens with two attached hydrogens (primary N) is 2. The van der Waals surface area contributed by atoms with Crippen molar-refractivity contribution in [2.45, 2.75) is 25.4 Å². The highest BCUT2D eigenvalue weighted by molar-refractivity contribution is 5.96. The van der Waals surface area contributed by atoms with Gasteiger partial charge in [-0.25, -0.2) is 0 Å². The van der Waals surface area contributed by atoms with Crippen molar-refractivity contribution < 1.29 is 19.5 Å². The van der Waals surface area contributed by atoms with Crippen LogP contribution in [0.3, 0.4) is 0 Å². The standard InChI is InChI=1S/C9H18N4O4/c1-3-12-7(16)6(10)9(2,11)8(17)13-4-5(14)15/h6H,3-4,10-11H2,1-2H3,(H,12,16)(H,13,17)(H,14,15)/t6-,9-/m1/s1. The summed E-state index contributed by atoms with van der Waals surface area (Å²) < 4.78 is 0. The molecular weight excluding hydrogens is 228 g/mol. The van der Waals surface area contributed by atoms with Gasteiger partial charge in [-0.3, -0.25) is 14.4 Å². The smallest absolute Gasteiger partial charge is 0.322 e. The first kappa shape index (κ1) is 15.3. The fourth-order valence-electron chi connectivity index (χ4n) is 1.04. The zero-order valence-corrected chi connectivity index (χ0v) is 9.82. The van der Waals surface area contributed by atoms with E-state index >= 15 is 0 Å². The predicted molar refractivity (Wildman–Crippen MR) is 59.9 cm³/mol. The number of likely N-dealkylation sites (N-methyl/N-ethyl adjacent to an activating group) is 1. The van der Waals surface area contributed by atoms with Crippen LogP contribution in [0.1, 0.15) is 13.8 Å². The second kappa shape index (κ2) is 6.16. The summed E-state index contributed by atoms with van der Waals surface area (Å²) >= 11 is 0. The number of aliphatic carboxylic acids is 1. The van der Waals surface area contributed by atoms with E-state index in [4.69, 9.17) is 16.6 Å². The van der Waals surface area contributed by atoms with E-state index < -0.39 is 35.9 Å². The number of carbonyl (C=O) groups is 3. The largest absolute Gasteiger partial charge is 0.480 e. The maximum atomic E-state index is 11.6. The summed E-state index contributed by atoms with van der Waals surface area (Å²) in [7, 11) is 0. The minimum Gasteiger partial charge on any atom is -0.480 e. The lowest BCUT2D eigenvalue weighted by atomic mass is 9.92. The second-order valence-electron chi connectivity index (χ2n) is 3.73. The van der Waals surface area contributed by atoms with Gasteiger partial charge in [0, 0.05) is 6.54 Å². The fourth-order valence-corrected chi connectivity index (χ4v) is 1.04. The molecule has 0 radical (unpaired) electrons. The molecule has 8 nitrogen and oxygen atoms in total. The molecule has 0 spiro atoms. The first-order valence-electron chi connectivity index (χ1n) is 5.05. The van der Waals surface area contributed by atoms with E-state index in [1.54, 1.807) is 6.92 Å². The van der Waals surface area contributed by atoms with Crippen LogP contribution in [0.5, 0.6) is 0 Å². The molecule has 2 amide bonds. The fraction of sp³-hybridized carbons (Fsp3) is 0.667. The van der Waals surface area contributed by atoms with E-state index in [9.17, 15) is 14.4 Å². The normalized spacial score (nSPS) is 15.5. The van der Waals surface area contributed by atoms with Gasteiger partial charge in [-0.2, -0.15) is 0 Å². The van der Waals surface area contributed by atoms with Gasteiger partial charge in [0.2, 0.25) is 11.8 Å². The molecule has 0 aromatic carbocycles. The minimum absolute atomic E-state index is 0.360. The zero-order chi connectivity index (χ0) is 13.6. The van der Waals surface area contributed by atoms with Crippen molar-refractivity contribution in [3.8, 4) is 0 Å². The van der Waals surface area contributed by atoms with Gasteiger partial charge in [0.15, 0.2) is 0 Å². The van der Waals surface area contributed by atoms with E-state index in [0.29, 0.717) is 6.54 Å². The lowest BCUT2D eigenvalue weighted by Crippen LogP contribution is -2.67. The van der Waals surface area contributed by atoms with Crippen molar-refractivity contribution in [3.05, 3.63) is 0 Å². The second-order valence-corrected chi connectivity index (χ2v) is 3.73. The Morgan fingerprint density at radius 2 is 1.88 bits per heavy atom. The van der Waals surface area contributed by atoms with Crippen molar-refractivity contribution in [3.63, 3.8) is 0 Å². The zero-order valence-electron chi connectivity index (χ0n) is 9.82. The van der Waals surface area contributed by atoms with Crippen LogP contribution in [0.15, 0.2) is 0 Å². The van der Waals surface area contributed by atoms with Crippen molar-refractivity contribution >= 4 is 17.8 Å². The van der Waals surface area contributed by atoms with Crippen LogP contribution >= 0.6 is 0 Å². The molecule has 0 aromatic rings. The number of nitrogens with one attached hydrogen (secondary N) is 2. The number of carboxylic acids is 1. The Bertz CT molecular complexity index is 316. The molecule has 7 N–H and O–H groups in total. The molecule has 98 valence electrons. The summed E-state index contributed by atoms with van der Waals surface area (Å²) in [6.45, 7) is 2.75. The van der Waals surface area contributed by atoms with Crippen LogP contribution in [0.4, 0.5) is 0 Å². The van der Waals surface area contributed by atoms with Crippen LogP contribution in [0.2, 0.25) is 0 Å². The molecule has 0 unspecified atom stereocenters. The third-order valence-corrected chi connectivity index (χ3v) is 2.17. The van der Waals surface area contributed by atoms with Gasteiger partial charge in [-0.15, -0.1) is 0 Å². The van der Waals surface area contributed by atoms with Gasteiger partial charge in [-0.1, -0.05) is 0 Å². The molecule has 0 fully saturated rings. The molecule has 0 saturated carbocycles. The van der Waals surface area contributed by atoms with Crippen LogP contribution in [0.25, 0.3) is 0 Å². The number of carbonyl (C=O) groups excluding carboxylic acids is 2. The summed E-state index contributed by atoms with van der Waals surface area (Å²) in [4.78, 5) is 33.3. The van der Waals surface area contributed by atoms with E-state index in [-0.39, 0.29) is 0 Å². The molecule has 0 heterocycles. The molecule has 0 aliphatic carbocycles. The van der Waals surface area contributed by atoms with Gasteiger partial charge in [0.1, 0.15) is 18.1 Å². The molecular formula is C9H18N4O4.